The van der Waals surface area contributed by atoms with E-state index >= 15 is 0 Å². The van der Waals surface area contributed by atoms with Crippen LogP contribution in [0.15, 0.2) is 61.7 Å². The molecule has 0 fully saturated rings. The fraction of sp³-hybridized carbons (Fsp3) is 0.174. The molecule has 4 rings (SSSR count). The fourth-order valence-corrected chi connectivity index (χ4v) is 3.71. The van der Waals surface area contributed by atoms with Crippen LogP contribution in [0.25, 0.3) is 22.2 Å². The van der Waals surface area contributed by atoms with Crippen LogP contribution in [0.1, 0.15) is 16.7 Å². The zero-order valence-electron chi connectivity index (χ0n) is 17.6. The molecule has 0 aliphatic rings. The van der Waals surface area contributed by atoms with Gasteiger partial charge in [0.2, 0.25) is 5.91 Å². The van der Waals surface area contributed by atoms with Crippen molar-refractivity contribution in [3.63, 3.8) is 0 Å². The third kappa shape index (κ3) is 4.89. The first-order chi connectivity index (χ1) is 15.7. The lowest BCUT2D eigenvalue weighted by Crippen LogP contribution is -2.21. The van der Waals surface area contributed by atoms with Crippen LogP contribution in [-0.2, 0) is 24.8 Å². The Kier molecular flexibility index (Phi) is 5.91. The van der Waals surface area contributed by atoms with Crippen LogP contribution < -0.4 is 10.1 Å². The minimum Gasteiger partial charge on any atom is -0.406 e. The molecule has 2 heterocycles. The number of benzene rings is 2. The molecule has 0 spiro atoms. The molecule has 170 valence electrons. The molecule has 7 nitrogen and oxygen atoms in total. The number of H-pyrrole nitrogens is 1. The minimum absolute atomic E-state index is 0.238. The average Bonchev–Trinajstić information content (AvgIpc) is 3.42. The molecule has 0 saturated carbocycles. The summed E-state index contributed by atoms with van der Waals surface area (Å²) in [6, 6.07) is 7.51. The number of aromatic nitrogens is 4. The number of hydrogen-bond donors (Lipinski definition) is 2. The molecule has 33 heavy (non-hydrogen) atoms. The number of hydrogen-bond acceptors (Lipinski definition) is 4. The monoisotopic (exact) mass is 455 g/mol. The number of fused-ring (bicyclic) bond motifs is 1. The second kappa shape index (κ2) is 8.81. The average molecular weight is 455 g/mol. The Morgan fingerprint density at radius 1 is 1.30 bits per heavy atom. The van der Waals surface area contributed by atoms with Gasteiger partial charge >= 0.3 is 6.36 Å². The zero-order chi connectivity index (χ0) is 23.6. The first kappa shape index (κ1) is 22.1. The normalized spacial score (nSPS) is 11.5. The summed E-state index contributed by atoms with van der Waals surface area (Å²) in [6.45, 7) is 3.72. The predicted molar refractivity (Wildman–Crippen MR) is 116 cm³/mol. The molecule has 0 aliphatic carbocycles. The molecular weight excluding hydrogens is 435 g/mol. The van der Waals surface area contributed by atoms with Gasteiger partial charge in [0.15, 0.2) is 0 Å². The van der Waals surface area contributed by atoms with Gasteiger partial charge in [-0.3, -0.25) is 9.89 Å². The number of ether oxygens (including phenoxy) is 1. The Bertz CT molecular complexity index is 1290. The van der Waals surface area contributed by atoms with Crippen LogP contribution in [0.4, 0.5) is 13.2 Å². The van der Waals surface area contributed by atoms with Crippen molar-refractivity contribution in [1.29, 1.82) is 0 Å². The maximum atomic E-state index is 12.5. The van der Waals surface area contributed by atoms with Crippen LogP contribution in [0, 0.1) is 0 Å². The highest BCUT2D eigenvalue weighted by atomic mass is 19.4. The summed E-state index contributed by atoms with van der Waals surface area (Å²) < 4.78 is 43.4. The summed E-state index contributed by atoms with van der Waals surface area (Å²) in [5, 5.41) is 9.60. The summed E-state index contributed by atoms with van der Waals surface area (Å²) in [7, 11) is 1.87. The molecule has 2 aromatic carbocycles. The van der Waals surface area contributed by atoms with Crippen LogP contribution in [0.3, 0.4) is 0 Å². The Labute approximate surface area is 186 Å². The molecule has 2 aromatic heterocycles. The van der Waals surface area contributed by atoms with Gasteiger partial charge in [0.05, 0.1) is 23.6 Å². The van der Waals surface area contributed by atoms with Crippen LogP contribution in [0.2, 0.25) is 0 Å². The van der Waals surface area contributed by atoms with Crippen molar-refractivity contribution < 1.29 is 22.7 Å². The highest BCUT2D eigenvalue weighted by Crippen LogP contribution is 2.35. The number of nitrogens with one attached hydrogen (secondary N) is 2. The van der Waals surface area contributed by atoms with E-state index in [9.17, 15) is 18.0 Å². The highest BCUT2D eigenvalue weighted by Gasteiger charge is 2.31. The van der Waals surface area contributed by atoms with Gasteiger partial charge < -0.3 is 14.6 Å². The summed E-state index contributed by atoms with van der Waals surface area (Å²) in [4.78, 5) is 16.4. The lowest BCUT2D eigenvalue weighted by molar-refractivity contribution is -0.274. The van der Waals surface area contributed by atoms with Crippen LogP contribution in [-0.4, -0.2) is 32.0 Å². The third-order valence-corrected chi connectivity index (χ3v) is 5.16. The fourth-order valence-electron chi connectivity index (χ4n) is 3.71. The van der Waals surface area contributed by atoms with Gasteiger partial charge in [-0.15, -0.1) is 13.2 Å². The number of imidazole rings is 1. The predicted octanol–water partition coefficient (Wildman–Crippen LogP) is 4.26. The van der Waals surface area contributed by atoms with Crippen molar-refractivity contribution >= 4 is 16.9 Å². The molecule has 0 unspecified atom stereocenters. The number of aryl methyl sites for hydroxylation is 1. The topological polar surface area (TPSA) is 84.8 Å². The number of nitrogens with zero attached hydrogens (tertiary/aromatic N) is 3. The van der Waals surface area contributed by atoms with Crippen molar-refractivity contribution in [3.8, 4) is 16.9 Å². The highest BCUT2D eigenvalue weighted by molar-refractivity contribution is 5.95. The molecule has 0 radical (unpaired) electrons. The van der Waals surface area contributed by atoms with Gasteiger partial charge in [-0.25, -0.2) is 4.98 Å². The van der Waals surface area contributed by atoms with Gasteiger partial charge in [0.1, 0.15) is 5.75 Å². The van der Waals surface area contributed by atoms with Gasteiger partial charge in [0.25, 0.3) is 0 Å². The lowest BCUT2D eigenvalue weighted by atomic mass is 9.93. The smallest absolute Gasteiger partial charge is 0.406 e. The summed E-state index contributed by atoms with van der Waals surface area (Å²) in [5.74, 6) is -0.622. The molecule has 2 N–H and O–H groups in total. The number of carbonyl (C=O) groups is 1. The molecule has 10 heteroatoms. The van der Waals surface area contributed by atoms with Crippen molar-refractivity contribution in [2.24, 2.45) is 7.05 Å². The Morgan fingerprint density at radius 3 is 2.70 bits per heavy atom. The number of alkyl halides is 3. The molecule has 0 aliphatic heterocycles. The number of carbonyl (C=O) groups excluding carboxylic acids is 1. The summed E-state index contributed by atoms with van der Waals surface area (Å²) in [6.07, 6.45) is 2.17. The second-order valence-corrected chi connectivity index (χ2v) is 7.39. The van der Waals surface area contributed by atoms with Crippen LogP contribution in [0.5, 0.6) is 5.75 Å². The van der Waals surface area contributed by atoms with Crippen molar-refractivity contribution in [2.45, 2.75) is 19.3 Å². The van der Waals surface area contributed by atoms with E-state index in [0.29, 0.717) is 17.5 Å². The van der Waals surface area contributed by atoms with E-state index in [1.54, 1.807) is 30.9 Å². The molecular formula is C23H20F3N5O2. The number of aromatic amines is 1. The van der Waals surface area contributed by atoms with E-state index in [1.165, 1.54) is 18.2 Å². The Morgan fingerprint density at radius 2 is 2.06 bits per heavy atom. The molecule has 0 atom stereocenters. The van der Waals surface area contributed by atoms with E-state index in [-0.39, 0.29) is 18.2 Å². The number of amides is 1. The van der Waals surface area contributed by atoms with E-state index in [0.717, 1.165) is 27.8 Å². The minimum atomic E-state index is -4.76. The van der Waals surface area contributed by atoms with Crippen LogP contribution >= 0.6 is 0 Å². The molecule has 0 bridgehead atoms. The Balaban J connectivity index is 1.83. The van der Waals surface area contributed by atoms with Crippen molar-refractivity contribution in [3.05, 3.63) is 78.4 Å². The van der Waals surface area contributed by atoms with E-state index in [1.807, 2.05) is 17.7 Å². The van der Waals surface area contributed by atoms with Gasteiger partial charge in [-0.1, -0.05) is 18.7 Å². The maximum Gasteiger partial charge on any atom is 0.573 e. The second-order valence-electron chi connectivity index (χ2n) is 7.39. The third-order valence-electron chi connectivity index (χ3n) is 5.16. The van der Waals surface area contributed by atoms with Crippen molar-refractivity contribution in [2.75, 3.05) is 0 Å². The van der Waals surface area contributed by atoms with E-state index in [2.05, 4.69) is 31.8 Å². The van der Waals surface area contributed by atoms with Gasteiger partial charge in [0, 0.05) is 31.8 Å². The Hall–Kier alpha value is -4.08. The molecule has 1 amide bonds. The SMILES string of the molecule is C=CC(=O)NCc1cc(-c2ccc(OC(F)(F)F)cc2)c2ncn(C)c2c1Cc1cn[nH]c1. The largest absolute Gasteiger partial charge is 0.573 e. The first-order valence-electron chi connectivity index (χ1n) is 9.95. The van der Waals surface area contributed by atoms with Gasteiger partial charge in [-0.05, 0) is 46.5 Å². The van der Waals surface area contributed by atoms with E-state index < -0.39 is 6.36 Å². The number of rotatable bonds is 7. The molecule has 0 saturated heterocycles. The standard InChI is InChI=1S/C23H20F3N5O2/c1-3-20(32)27-12-16-9-18(15-4-6-17(7-5-15)33-23(24,25)26)21-22(31(2)13-28-21)19(16)8-14-10-29-30-11-14/h3-7,9-11,13H,1,8,12H2,2H3,(H,27,32)(H,29,30). The number of halogens is 3. The van der Waals surface area contributed by atoms with Gasteiger partial charge in [-0.2, -0.15) is 5.10 Å². The lowest BCUT2D eigenvalue weighted by Gasteiger charge is -2.16. The zero-order valence-corrected chi connectivity index (χ0v) is 17.6. The summed E-state index contributed by atoms with van der Waals surface area (Å²) >= 11 is 0. The van der Waals surface area contributed by atoms with E-state index in [4.69, 9.17) is 0 Å². The quantitative estimate of drug-likeness (QED) is 0.408. The molecule has 4 aromatic rings. The summed E-state index contributed by atoms with van der Waals surface area (Å²) in [5.41, 5.74) is 5.69. The van der Waals surface area contributed by atoms with Crippen molar-refractivity contribution in [1.82, 2.24) is 25.1 Å². The maximum absolute atomic E-state index is 12.5. The first-order valence-corrected chi connectivity index (χ1v) is 9.95.